The van der Waals surface area contributed by atoms with E-state index in [4.69, 9.17) is 23.2 Å². The van der Waals surface area contributed by atoms with Crippen LogP contribution in [0.3, 0.4) is 0 Å². The lowest BCUT2D eigenvalue weighted by atomic mass is 10.1. The standard InChI is InChI=1S/C22H25Cl2N3O/c1-2-3-4-6-9-19(12-10-18-11-13-20(23)21(24)16-18)25-26-22(28)17-27-14-7-5-8-15-27/h5,7-8,10-16H,2-4,6,9,17H2,1H3/p+1/b12-10+,25-19-. The summed E-state index contributed by atoms with van der Waals surface area (Å²) in [6, 6.07) is 11.1. The van der Waals surface area contributed by atoms with E-state index in [0.717, 1.165) is 30.5 Å². The first-order valence-corrected chi connectivity index (χ1v) is 10.3. The molecule has 0 unspecified atom stereocenters. The van der Waals surface area contributed by atoms with Gasteiger partial charge in [-0.3, -0.25) is 4.79 Å². The Kier molecular flexibility index (Phi) is 9.73. The van der Waals surface area contributed by atoms with Crippen LogP contribution in [-0.2, 0) is 11.3 Å². The van der Waals surface area contributed by atoms with E-state index in [0.29, 0.717) is 10.0 Å². The van der Waals surface area contributed by atoms with Crippen molar-refractivity contribution in [2.75, 3.05) is 0 Å². The first-order chi connectivity index (χ1) is 13.6. The van der Waals surface area contributed by atoms with Gasteiger partial charge in [-0.2, -0.15) is 9.67 Å². The van der Waals surface area contributed by atoms with Gasteiger partial charge in [0, 0.05) is 12.1 Å². The number of hydrogen-bond donors (Lipinski definition) is 1. The Labute approximate surface area is 176 Å². The average molecular weight is 419 g/mol. The van der Waals surface area contributed by atoms with Crippen molar-refractivity contribution >= 4 is 40.9 Å². The van der Waals surface area contributed by atoms with Crippen molar-refractivity contribution < 1.29 is 9.36 Å². The minimum Gasteiger partial charge on any atom is -0.266 e. The van der Waals surface area contributed by atoms with E-state index in [-0.39, 0.29) is 12.5 Å². The number of halogens is 2. The van der Waals surface area contributed by atoms with Crippen molar-refractivity contribution in [2.45, 2.75) is 45.6 Å². The van der Waals surface area contributed by atoms with Crippen molar-refractivity contribution in [3.8, 4) is 0 Å². The lowest BCUT2D eigenvalue weighted by Crippen LogP contribution is -2.41. The van der Waals surface area contributed by atoms with Gasteiger partial charge in [0.05, 0.1) is 15.8 Å². The van der Waals surface area contributed by atoms with Crippen molar-refractivity contribution in [3.63, 3.8) is 0 Å². The highest BCUT2D eigenvalue weighted by Crippen LogP contribution is 2.23. The number of hydrogen-bond acceptors (Lipinski definition) is 2. The van der Waals surface area contributed by atoms with Crippen molar-refractivity contribution in [2.24, 2.45) is 5.10 Å². The molecule has 0 aliphatic rings. The second-order valence-corrected chi connectivity index (χ2v) is 7.32. The SMILES string of the molecule is CCCCCCC(/C=C/c1ccc(Cl)c(Cl)c1)=N/NC(=O)C[n+]1ccccc1. The number of carbonyl (C=O) groups excluding carboxylic acids is 1. The van der Waals surface area contributed by atoms with Crippen LogP contribution in [-0.4, -0.2) is 11.6 Å². The molecule has 0 aliphatic heterocycles. The van der Waals surface area contributed by atoms with E-state index >= 15 is 0 Å². The van der Waals surface area contributed by atoms with E-state index in [1.165, 1.54) is 12.8 Å². The van der Waals surface area contributed by atoms with Gasteiger partial charge in [0.2, 0.25) is 6.54 Å². The summed E-state index contributed by atoms with van der Waals surface area (Å²) >= 11 is 12.0. The van der Waals surface area contributed by atoms with E-state index in [2.05, 4.69) is 17.5 Å². The molecule has 1 heterocycles. The Hall–Kier alpha value is -2.17. The summed E-state index contributed by atoms with van der Waals surface area (Å²) in [5.74, 6) is -0.162. The minimum atomic E-state index is -0.162. The van der Waals surface area contributed by atoms with Gasteiger partial charge in [0.15, 0.2) is 12.4 Å². The number of carbonyl (C=O) groups is 1. The zero-order valence-corrected chi connectivity index (χ0v) is 17.6. The lowest BCUT2D eigenvalue weighted by molar-refractivity contribution is -0.684. The van der Waals surface area contributed by atoms with Crippen molar-refractivity contribution in [1.82, 2.24) is 5.43 Å². The van der Waals surface area contributed by atoms with Crippen molar-refractivity contribution in [1.29, 1.82) is 0 Å². The normalized spacial score (nSPS) is 11.8. The predicted octanol–water partition coefficient (Wildman–Crippen LogP) is 5.44. The molecule has 148 valence electrons. The van der Waals surface area contributed by atoms with Gasteiger partial charge >= 0.3 is 5.91 Å². The minimum absolute atomic E-state index is 0.162. The number of amides is 1. The number of pyridine rings is 1. The van der Waals surface area contributed by atoms with Crippen LogP contribution in [0.4, 0.5) is 0 Å². The molecule has 4 nitrogen and oxygen atoms in total. The molecule has 28 heavy (non-hydrogen) atoms. The highest BCUT2D eigenvalue weighted by atomic mass is 35.5. The Morgan fingerprint density at radius 2 is 1.89 bits per heavy atom. The van der Waals surface area contributed by atoms with Crippen molar-refractivity contribution in [3.05, 3.63) is 70.5 Å². The third-order valence-corrected chi connectivity index (χ3v) is 4.87. The number of benzene rings is 1. The van der Waals surface area contributed by atoms with Crippen LogP contribution in [0.25, 0.3) is 6.08 Å². The molecule has 1 aromatic heterocycles. The first-order valence-electron chi connectivity index (χ1n) is 9.51. The van der Waals surface area contributed by atoms with Crippen LogP contribution in [0.1, 0.15) is 44.6 Å². The highest BCUT2D eigenvalue weighted by molar-refractivity contribution is 6.42. The molecular formula is C22H26Cl2N3O+. The van der Waals surface area contributed by atoms with E-state index in [1.54, 1.807) is 16.7 Å². The first kappa shape index (κ1) is 22.1. The number of allylic oxidation sites excluding steroid dienone is 1. The maximum Gasteiger partial charge on any atom is 0.305 e. The molecule has 0 bridgehead atoms. The van der Waals surface area contributed by atoms with Crippen LogP contribution < -0.4 is 9.99 Å². The smallest absolute Gasteiger partial charge is 0.266 e. The van der Waals surface area contributed by atoms with Crippen LogP contribution in [0.2, 0.25) is 10.0 Å². The molecule has 0 aliphatic carbocycles. The van der Waals surface area contributed by atoms with Gasteiger partial charge in [-0.1, -0.05) is 67.6 Å². The lowest BCUT2D eigenvalue weighted by Gasteiger charge is -2.04. The third kappa shape index (κ3) is 8.24. The van der Waals surface area contributed by atoms with Crippen LogP contribution >= 0.6 is 23.2 Å². The topological polar surface area (TPSA) is 45.3 Å². The zero-order valence-electron chi connectivity index (χ0n) is 16.1. The quantitative estimate of drug-likeness (QED) is 0.237. The Bertz CT molecular complexity index is 820. The summed E-state index contributed by atoms with van der Waals surface area (Å²) in [6.45, 7) is 2.41. The molecular weight excluding hydrogens is 393 g/mol. The molecule has 6 heteroatoms. The van der Waals surface area contributed by atoms with Gasteiger partial charge < -0.3 is 0 Å². The molecule has 0 spiro atoms. The summed E-state index contributed by atoms with van der Waals surface area (Å²) < 4.78 is 1.80. The zero-order chi connectivity index (χ0) is 20.2. The fourth-order valence-electron chi connectivity index (χ4n) is 2.59. The highest BCUT2D eigenvalue weighted by Gasteiger charge is 2.07. The number of unbranched alkanes of at least 4 members (excludes halogenated alkanes) is 3. The number of nitrogens with one attached hydrogen (secondary N) is 1. The summed E-state index contributed by atoms with van der Waals surface area (Å²) in [6.07, 6.45) is 12.9. The fraction of sp³-hybridized carbons (Fsp3) is 0.318. The summed E-state index contributed by atoms with van der Waals surface area (Å²) in [5.41, 5.74) is 4.42. The maximum atomic E-state index is 12.2. The molecule has 0 atom stereocenters. The molecule has 0 saturated heterocycles. The summed E-state index contributed by atoms with van der Waals surface area (Å²) in [5, 5.41) is 5.37. The second kappa shape index (κ2) is 12.3. The van der Waals surface area contributed by atoms with Crippen LogP contribution in [0.15, 0.2) is 60.0 Å². The average Bonchev–Trinajstić information content (AvgIpc) is 2.70. The van der Waals surface area contributed by atoms with Crippen LogP contribution in [0, 0.1) is 0 Å². The van der Waals surface area contributed by atoms with Gasteiger partial charge in [-0.05, 0) is 36.6 Å². The van der Waals surface area contributed by atoms with Gasteiger partial charge in [-0.25, -0.2) is 5.43 Å². The molecule has 2 rings (SSSR count). The van der Waals surface area contributed by atoms with Gasteiger partial charge in [0.1, 0.15) is 0 Å². The number of aromatic nitrogens is 1. The number of hydrazone groups is 1. The molecule has 1 amide bonds. The second-order valence-electron chi connectivity index (χ2n) is 6.50. The number of rotatable bonds is 10. The Balaban J connectivity index is 2.02. The van der Waals surface area contributed by atoms with E-state index in [1.807, 2.05) is 48.8 Å². The summed E-state index contributed by atoms with van der Waals surface area (Å²) in [7, 11) is 0. The van der Waals surface area contributed by atoms with Crippen LogP contribution in [0.5, 0.6) is 0 Å². The largest absolute Gasteiger partial charge is 0.305 e. The van der Waals surface area contributed by atoms with Gasteiger partial charge in [-0.15, -0.1) is 0 Å². The summed E-state index contributed by atoms with van der Waals surface area (Å²) in [4.78, 5) is 12.2. The number of nitrogens with zero attached hydrogens (tertiary/aromatic N) is 2. The molecule has 0 fully saturated rings. The van der Waals surface area contributed by atoms with E-state index in [9.17, 15) is 4.79 Å². The Morgan fingerprint density at radius 3 is 2.61 bits per heavy atom. The fourth-order valence-corrected chi connectivity index (χ4v) is 2.90. The maximum absolute atomic E-state index is 12.2. The Morgan fingerprint density at radius 1 is 1.11 bits per heavy atom. The molecule has 1 aromatic carbocycles. The molecule has 0 radical (unpaired) electrons. The molecule has 2 aromatic rings. The monoisotopic (exact) mass is 418 g/mol. The third-order valence-electron chi connectivity index (χ3n) is 4.13. The molecule has 0 saturated carbocycles. The van der Waals surface area contributed by atoms with Gasteiger partial charge in [0.25, 0.3) is 0 Å². The van der Waals surface area contributed by atoms with E-state index < -0.39 is 0 Å². The predicted molar refractivity (Wildman–Crippen MR) is 116 cm³/mol. The molecule has 1 N–H and O–H groups in total.